The summed E-state index contributed by atoms with van der Waals surface area (Å²) >= 11 is 1.66. The third-order valence-corrected chi connectivity index (χ3v) is 6.04. The predicted molar refractivity (Wildman–Crippen MR) is 88.6 cm³/mol. The van der Waals surface area contributed by atoms with E-state index in [4.69, 9.17) is 0 Å². The van der Waals surface area contributed by atoms with Gasteiger partial charge in [-0.2, -0.15) is 5.10 Å². The van der Waals surface area contributed by atoms with Gasteiger partial charge in [0, 0.05) is 10.9 Å². The van der Waals surface area contributed by atoms with E-state index in [1.807, 2.05) is 10.7 Å². The number of carbonyl (C=O) groups is 1. The van der Waals surface area contributed by atoms with Gasteiger partial charge < -0.3 is 5.32 Å². The predicted octanol–water partition coefficient (Wildman–Crippen LogP) is 4.19. The number of rotatable bonds is 3. The van der Waals surface area contributed by atoms with Gasteiger partial charge in [0.15, 0.2) is 0 Å². The fourth-order valence-electron chi connectivity index (χ4n) is 3.63. The maximum atomic E-state index is 12.6. The number of amides is 1. The van der Waals surface area contributed by atoms with Crippen molar-refractivity contribution in [2.24, 2.45) is 0 Å². The van der Waals surface area contributed by atoms with Gasteiger partial charge in [-0.25, -0.2) is 4.68 Å². The third-order valence-electron chi connectivity index (χ3n) is 4.80. The highest BCUT2D eigenvalue weighted by molar-refractivity contribution is 7.14. The lowest BCUT2D eigenvalue weighted by atomic mass is 9.99. The second-order valence-electron chi connectivity index (χ2n) is 6.32. The van der Waals surface area contributed by atoms with Crippen LogP contribution in [0, 0.1) is 0 Å². The summed E-state index contributed by atoms with van der Waals surface area (Å²) < 4.78 is 2.00. The van der Waals surface area contributed by atoms with Gasteiger partial charge in [0.1, 0.15) is 5.82 Å². The van der Waals surface area contributed by atoms with E-state index in [0.717, 1.165) is 36.4 Å². The molecule has 0 aromatic carbocycles. The normalized spacial score (nSPS) is 18.4. The highest BCUT2D eigenvalue weighted by Gasteiger charge is 2.22. The zero-order chi connectivity index (χ0) is 14.9. The molecule has 2 aromatic rings. The first-order valence-electron chi connectivity index (χ1n) is 8.28. The van der Waals surface area contributed by atoms with Crippen LogP contribution < -0.4 is 5.32 Å². The Morgan fingerprint density at radius 2 is 2.05 bits per heavy atom. The molecular weight excluding hydrogens is 294 g/mol. The Hall–Kier alpha value is -1.62. The van der Waals surface area contributed by atoms with Crippen molar-refractivity contribution in [1.29, 1.82) is 0 Å². The summed E-state index contributed by atoms with van der Waals surface area (Å²) in [6.07, 6.45) is 11.4. The van der Waals surface area contributed by atoms with Crippen LogP contribution in [0.1, 0.15) is 64.7 Å². The number of nitrogens with one attached hydrogen (secondary N) is 1. The van der Waals surface area contributed by atoms with Crippen LogP contribution in [0.25, 0.3) is 0 Å². The molecule has 116 valence electrons. The van der Waals surface area contributed by atoms with Gasteiger partial charge in [0.25, 0.3) is 5.91 Å². The number of thiophene rings is 1. The molecule has 0 spiro atoms. The average molecular weight is 315 g/mol. The van der Waals surface area contributed by atoms with Crippen LogP contribution in [0.4, 0.5) is 5.82 Å². The van der Waals surface area contributed by atoms with Crippen molar-refractivity contribution < 1.29 is 4.79 Å². The number of aryl methyl sites for hydroxylation is 2. The number of nitrogens with zero attached hydrogens (tertiary/aromatic N) is 2. The Morgan fingerprint density at radius 1 is 1.23 bits per heavy atom. The molecule has 4 nitrogen and oxygen atoms in total. The van der Waals surface area contributed by atoms with E-state index in [1.54, 1.807) is 17.5 Å². The highest BCUT2D eigenvalue weighted by Crippen LogP contribution is 2.32. The van der Waals surface area contributed by atoms with E-state index in [-0.39, 0.29) is 5.91 Å². The fraction of sp³-hybridized carbons (Fsp3) is 0.529. The van der Waals surface area contributed by atoms with Crippen molar-refractivity contribution in [3.63, 3.8) is 0 Å². The molecule has 2 heterocycles. The van der Waals surface area contributed by atoms with Crippen LogP contribution >= 0.6 is 11.3 Å². The van der Waals surface area contributed by atoms with Crippen molar-refractivity contribution in [2.45, 2.75) is 57.4 Å². The Labute approximate surface area is 134 Å². The summed E-state index contributed by atoms with van der Waals surface area (Å²) in [5.74, 6) is 0.849. The van der Waals surface area contributed by atoms with Crippen LogP contribution in [0.2, 0.25) is 0 Å². The fourth-order valence-corrected chi connectivity index (χ4v) is 4.78. The number of aromatic nitrogens is 2. The Kier molecular flexibility index (Phi) is 3.74. The van der Waals surface area contributed by atoms with E-state index in [2.05, 4.69) is 16.5 Å². The van der Waals surface area contributed by atoms with E-state index >= 15 is 0 Å². The summed E-state index contributed by atoms with van der Waals surface area (Å²) in [6.45, 7) is 0. The molecule has 0 bridgehead atoms. The minimum atomic E-state index is 0.0131. The topological polar surface area (TPSA) is 46.9 Å². The van der Waals surface area contributed by atoms with Crippen molar-refractivity contribution in [1.82, 2.24) is 9.78 Å². The van der Waals surface area contributed by atoms with Crippen LogP contribution in [0.15, 0.2) is 18.3 Å². The second-order valence-corrected chi connectivity index (χ2v) is 7.46. The molecule has 0 saturated heterocycles. The number of hydrogen-bond acceptors (Lipinski definition) is 3. The molecule has 1 N–H and O–H groups in total. The monoisotopic (exact) mass is 315 g/mol. The number of hydrogen-bond donors (Lipinski definition) is 1. The molecule has 0 unspecified atom stereocenters. The quantitative estimate of drug-likeness (QED) is 0.923. The lowest BCUT2D eigenvalue weighted by Gasteiger charge is -2.14. The Bertz CT molecular complexity index is 658. The maximum Gasteiger partial charge on any atom is 0.266 e. The Morgan fingerprint density at radius 3 is 2.86 bits per heavy atom. The minimum Gasteiger partial charge on any atom is -0.306 e. The van der Waals surface area contributed by atoms with Crippen molar-refractivity contribution in [3.8, 4) is 0 Å². The Balaban J connectivity index is 1.52. The smallest absolute Gasteiger partial charge is 0.266 e. The van der Waals surface area contributed by atoms with Gasteiger partial charge in [-0.05, 0) is 50.2 Å². The van der Waals surface area contributed by atoms with Crippen molar-refractivity contribution in [3.05, 3.63) is 33.6 Å². The summed E-state index contributed by atoms with van der Waals surface area (Å²) in [7, 11) is 0. The van der Waals surface area contributed by atoms with Crippen LogP contribution in [-0.4, -0.2) is 15.7 Å². The molecular formula is C17H21N3OS. The summed E-state index contributed by atoms with van der Waals surface area (Å²) in [5, 5.41) is 7.48. The number of carbonyl (C=O) groups excluding carboxylic acids is 1. The number of anilines is 1. The molecule has 1 fully saturated rings. The lowest BCUT2D eigenvalue weighted by Crippen LogP contribution is -2.16. The molecule has 1 saturated carbocycles. The zero-order valence-corrected chi connectivity index (χ0v) is 13.5. The van der Waals surface area contributed by atoms with Gasteiger partial charge in [0.05, 0.1) is 17.1 Å². The maximum absolute atomic E-state index is 12.6. The molecule has 2 aromatic heterocycles. The molecule has 2 aliphatic rings. The SMILES string of the molecule is O=C(Nc1ccnn1C1CCCC1)c1cc2c(s1)CCCC2. The van der Waals surface area contributed by atoms with Gasteiger partial charge in [-0.15, -0.1) is 11.3 Å². The third kappa shape index (κ3) is 2.58. The molecule has 22 heavy (non-hydrogen) atoms. The average Bonchev–Trinajstić information content (AvgIpc) is 3.26. The van der Waals surface area contributed by atoms with Crippen molar-refractivity contribution >= 4 is 23.1 Å². The van der Waals surface area contributed by atoms with E-state index < -0.39 is 0 Å². The molecule has 5 heteroatoms. The molecule has 0 atom stereocenters. The summed E-state index contributed by atoms with van der Waals surface area (Å²) in [4.78, 5) is 14.8. The van der Waals surface area contributed by atoms with Crippen LogP contribution in [0.5, 0.6) is 0 Å². The largest absolute Gasteiger partial charge is 0.306 e. The molecule has 4 rings (SSSR count). The first-order valence-corrected chi connectivity index (χ1v) is 9.09. The minimum absolute atomic E-state index is 0.0131. The standard InChI is InChI=1S/C17H21N3OS/c21-17(15-11-12-5-1-4-8-14(12)22-15)19-16-9-10-18-20(16)13-6-2-3-7-13/h9-11,13H,1-8H2,(H,19,21). The van der Waals surface area contributed by atoms with E-state index in [1.165, 1.54) is 36.1 Å². The van der Waals surface area contributed by atoms with Gasteiger partial charge in [-0.1, -0.05) is 12.8 Å². The summed E-state index contributed by atoms with van der Waals surface area (Å²) in [6, 6.07) is 4.44. The number of fused-ring (bicyclic) bond motifs is 1. The van der Waals surface area contributed by atoms with Crippen LogP contribution in [0.3, 0.4) is 0 Å². The molecule has 0 radical (unpaired) electrons. The van der Waals surface area contributed by atoms with Crippen molar-refractivity contribution in [2.75, 3.05) is 5.32 Å². The summed E-state index contributed by atoms with van der Waals surface area (Å²) in [5.41, 5.74) is 1.38. The zero-order valence-electron chi connectivity index (χ0n) is 12.7. The van der Waals surface area contributed by atoms with Gasteiger partial charge >= 0.3 is 0 Å². The van der Waals surface area contributed by atoms with Gasteiger partial charge in [0.2, 0.25) is 0 Å². The van der Waals surface area contributed by atoms with Crippen LogP contribution in [-0.2, 0) is 12.8 Å². The highest BCUT2D eigenvalue weighted by atomic mass is 32.1. The van der Waals surface area contributed by atoms with E-state index in [0.29, 0.717) is 6.04 Å². The molecule has 2 aliphatic carbocycles. The molecule has 0 aliphatic heterocycles. The lowest BCUT2D eigenvalue weighted by molar-refractivity contribution is 0.102. The van der Waals surface area contributed by atoms with E-state index in [9.17, 15) is 4.79 Å². The first kappa shape index (κ1) is 14.0. The molecule has 1 amide bonds. The second kappa shape index (κ2) is 5.88. The first-order chi connectivity index (χ1) is 10.8. The van der Waals surface area contributed by atoms with Gasteiger partial charge in [-0.3, -0.25) is 4.79 Å².